The van der Waals surface area contributed by atoms with Crippen LogP contribution in [-0.4, -0.2) is 39.4 Å². The van der Waals surface area contributed by atoms with Gasteiger partial charge in [-0.25, -0.2) is 13.3 Å². The van der Waals surface area contributed by atoms with Crippen LogP contribution in [0.1, 0.15) is 25.3 Å². The third-order valence-corrected chi connectivity index (χ3v) is 9.34. The lowest BCUT2D eigenvalue weighted by atomic mass is 9.88. The number of aromatic nitrogens is 1. The fourth-order valence-electron chi connectivity index (χ4n) is 5.18. The number of alkyl halides is 3. The molecular weight excluding hydrogens is 562 g/mol. The Kier molecular flexibility index (Phi) is 7.30. The van der Waals surface area contributed by atoms with Crippen LogP contribution in [0.4, 0.5) is 13.2 Å². The molecule has 0 aliphatic heterocycles. The van der Waals surface area contributed by atoms with Crippen molar-refractivity contribution in [2.24, 2.45) is 4.36 Å². The summed E-state index contributed by atoms with van der Waals surface area (Å²) in [5.74, 6) is -0.427. The summed E-state index contributed by atoms with van der Waals surface area (Å²) in [6, 6.07) is 14.9. The van der Waals surface area contributed by atoms with E-state index in [0.29, 0.717) is 22.9 Å². The van der Waals surface area contributed by atoms with Crippen LogP contribution < -0.4 is 9.46 Å². The topological polar surface area (TPSA) is 75.9 Å². The van der Waals surface area contributed by atoms with Gasteiger partial charge in [0.15, 0.2) is 0 Å². The summed E-state index contributed by atoms with van der Waals surface area (Å²) in [7, 11) is -1.89. The van der Waals surface area contributed by atoms with E-state index in [2.05, 4.69) is 18.4 Å². The Hall–Kier alpha value is -2.50. The molecule has 1 saturated carbocycles. The highest BCUT2D eigenvalue weighted by molar-refractivity contribution is 7.91. The predicted octanol–water partition coefficient (Wildman–Crippen LogP) is 7.12. The van der Waals surface area contributed by atoms with Crippen LogP contribution in [-0.2, 0) is 9.92 Å². The van der Waals surface area contributed by atoms with Crippen LogP contribution in [0.3, 0.4) is 0 Å². The monoisotopic (exact) mass is 585 g/mol. The number of nitrogens with one attached hydrogen (secondary N) is 1. The van der Waals surface area contributed by atoms with Crippen LogP contribution in [0.15, 0.2) is 69.9 Å². The molecule has 0 bridgehead atoms. The number of benzene rings is 3. The number of nitrogens with zero attached hydrogens (tertiary/aromatic N) is 2. The van der Waals surface area contributed by atoms with E-state index in [1.807, 2.05) is 24.3 Å². The molecule has 1 aromatic heterocycles. The van der Waals surface area contributed by atoms with Crippen LogP contribution >= 0.6 is 23.2 Å². The van der Waals surface area contributed by atoms with E-state index in [9.17, 15) is 22.5 Å². The molecule has 12 heteroatoms. The molecule has 1 heterocycles. The summed E-state index contributed by atoms with van der Waals surface area (Å²) in [4.78, 5) is 0.185. The van der Waals surface area contributed by atoms with Crippen molar-refractivity contribution in [2.75, 3.05) is 7.05 Å². The van der Waals surface area contributed by atoms with Gasteiger partial charge < -0.3 is 14.4 Å². The minimum atomic E-state index is -4.83. The Morgan fingerprint density at radius 2 is 1.58 bits per heavy atom. The van der Waals surface area contributed by atoms with E-state index in [1.165, 1.54) is 19.2 Å². The van der Waals surface area contributed by atoms with Crippen molar-refractivity contribution in [3.05, 3.63) is 70.7 Å². The van der Waals surface area contributed by atoms with E-state index < -0.39 is 34.2 Å². The van der Waals surface area contributed by atoms with Gasteiger partial charge in [-0.15, -0.1) is 13.2 Å². The third-order valence-electron chi connectivity index (χ3n) is 6.82. The Morgan fingerprint density at radius 1 is 1.00 bits per heavy atom. The maximum absolute atomic E-state index is 13.8. The third kappa shape index (κ3) is 5.20. The molecule has 6 nitrogen and oxygen atoms in total. The van der Waals surface area contributed by atoms with Gasteiger partial charge in [-0.2, -0.15) is 0 Å². The average Bonchev–Trinajstić information content (AvgIpc) is 3.17. The molecule has 4 aromatic rings. The van der Waals surface area contributed by atoms with Gasteiger partial charge in [-0.3, -0.25) is 0 Å². The summed E-state index contributed by atoms with van der Waals surface area (Å²) in [6.07, 6.45) is -3.82. The maximum atomic E-state index is 13.8. The largest absolute Gasteiger partial charge is 0.573 e. The zero-order chi connectivity index (χ0) is 27.2. The average molecular weight is 586 g/mol. The van der Waals surface area contributed by atoms with E-state index in [4.69, 9.17) is 23.2 Å². The molecular formula is C26H24Cl2F3N3O3S. The van der Waals surface area contributed by atoms with Gasteiger partial charge in [0, 0.05) is 44.9 Å². The quantitative estimate of drug-likeness (QED) is 0.262. The van der Waals surface area contributed by atoms with Crippen molar-refractivity contribution in [3.8, 4) is 5.75 Å². The molecule has 0 saturated heterocycles. The zero-order valence-electron chi connectivity index (χ0n) is 20.1. The lowest BCUT2D eigenvalue weighted by Gasteiger charge is -2.37. The second-order valence-electron chi connectivity index (χ2n) is 9.13. The number of aliphatic hydroxyl groups excluding tert-OH is 1. The van der Waals surface area contributed by atoms with Gasteiger partial charge in [-0.05, 0) is 79.9 Å². The molecule has 202 valence electrons. The number of rotatable bonds is 5. The van der Waals surface area contributed by atoms with Crippen LogP contribution in [0.2, 0.25) is 10.0 Å². The van der Waals surface area contributed by atoms with Crippen LogP contribution in [0, 0.1) is 0 Å². The molecule has 0 amide bonds. The highest BCUT2D eigenvalue weighted by Gasteiger charge is 2.37. The SMILES string of the molecule is CN=S(=O)(NC1CCCC(n2c3ccc(Cl)cc3c3cc(Cl)ccc32)C1O)c1ccc(OC(F)(F)F)cc1. The van der Waals surface area contributed by atoms with Crippen molar-refractivity contribution in [3.63, 3.8) is 0 Å². The van der Waals surface area contributed by atoms with Gasteiger partial charge in [-0.1, -0.05) is 23.2 Å². The van der Waals surface area contributed by atoms with Crippen molar-refractivity contribution >= 4 is 54.9 Å². The fourth-order valence-corrected chi connectivity index (χ4v) is 7.15. The first kappa shape index (κ1) is 27.1. The number of ether oxygens (including phenoxy) is 1. The molecule has 1 aliphatic rings. The molecule has 2 N–H and O–H groups in total. The first-order valence-corrected chi connectivity index (χ1v) is 14.1. The molecule has 0 spiro atoms. The first-order chi connectivity index (χ1) is 18.0. The van der Waals surface area contributed by atoms with Gasteiger partial charge in [0.1, 0.15) is 15.7 Å². The summed E-state index contributed by atoms with van der Waals surface area (Å²) in [5, 5.41) is 14.5. The molecule has 1 aliphatic carbocycles. The van der Waals surface area contributed by atoms with Gasteiger partial charge in [0.05, 0.1) is 17.0 Å². The van der Waals surface area contributed by atoms with Gasteiger partial charge >= 0.3 is 6.36 Å². The second kappa shape index (κ2) is 10.2. The standard InChI is InChI=1S/C26H24Cl2F3N3O3S/c1-32-38(36,18-9-7-17(8-10-18)37-26(29,30)31)33-21-3-2-4-24(25(21)35)34-22-11-5-15(27)13-19(22)20-14-16(28)6-12-23(20)34/h5-14,21,24-25,35H,2-4H2,1H3,(H,32,33,36). The Labute approximate surface area is 227 Å². The predicted molar refractivity (Wildman–Crippen MR) is 143 cm³/mol. The Morgan fingerprint density at radius 3 is 2.11 bits per heavy atom. The van der Waals surface area contributed by atoms with E-state index >= 15 is 0 Å². The summed E-state index contributed by atoms with van der Waals surface area (Å²) in [6.45, 7) is 0. The fraction of sp³-hybridized carbons (Fsp3) is 0.308. The highest BCUT2D eigenvalue weighted by atomic mass is 35.5. The van der Waals surface area contributed by atoms with Crippen LogP contribution in [0.25, 0.3) is 21.8 Å². The van der Waals surface area contributed by atoms with Gasteiger partial charge in [0.25, 0.3) is 0 Å². The minimum Gasteiger partial charge on any atom is -0.406 e. The molecule has 3 aromatic carbocycles. The normalized spacial score (nSPS) is 21.9. The Bertz CT molecular complexity index is 1560. The van der Waals surface area contributed by atoms with E-state index in [0.717, 1.165) is 40.4 Å². The Balaban J connectivity index is 1.48. The second-order valence-corrected chi connectivity index (χ2v) is 12.1. The summed E-state index contributed by atoms with van der Waals surface area (Å²) >= 11 is 12.6. The zero-order valence-corrected chi connectivity index (χ0v) is 22.4. The molecule has 4 unspecified atom stereocenters. The molecule has 0 radical (unpaired) electrons. The minimum absolute atomic E-state index is 0.185. The summed E-state index contributed by atoms with van der Waals surface area (Å²) in [5.41, 5.74) is 1.77. The number of hydrogen-bond acceptors (Lipinski definition) is 4. The molecule has 38 heavy (non-hydrogen) atoms. The van der Waals surface area contributed by atoms with Crippen molar-refractivity contribution < 1.29 is 27.2 Å². The lowest BCUT2D eigenvalue weighted by Crippen LogP contribution is -2.49. The van der Waals surface area contributed by atoms with Crippen LogP contribution in [0.5, 0.6) is 5.75 Å². The number of halogens is 5. The molecule has 4 atom stereocenters. The van der Waals surface area contributed by atoms with E-state index in [-0.39, 0.29) is 10.9 Å². The lowest BCUT2D eigenvalue weighted by molar-refractivity contribution is -0.274. The van der Waals surface area contributed by atoms with Gasteiger partial charge in [0.2, 0.25) is 0 Å². The van der Waals surface area contributed by atoms with Crippen molar-refractivity contribution in [1.82, 2.24) is 9.29 Å². The number of hydrogen-bond donors (Lipinski definition) is 2. The molecule has 5 rings (SSSR count). The highest BCUT2D eigenvalue weighted by Crippen LogP contribution is 2.40. The smallest absolute Gasteiger partial charge is 0.406 e. The first-order valence-electron chi connectivity index (χ1n) is 11.8. The maximum Gasteiger partial charge on any atom is 0.573 e. The number of fused-ring (bicyclic) bond motifs is 3. The number of aliphatic hydroxyl groups is 1. The van der Waals surface area contributed by atoms with Crippen molar-refractivity contribution in [1.29, 1.82) is 0 Å². The van der Waals surface area contributed by atoms with E-state index in [1.54, 1.807) is 12.1 Å². The summed E-state index contributed by atoms with van der Waals surface area (Å²) < 4.78 is 64.4. The molecule has 1 fully saturated rings. The van der Waals surface area contributed by atoms with Crippen molar-refractivity contribution in [2.45, 2.75) is 48.7 Å².